The van der Waals surface area contributed by atoms with E-state index >= 15 is 0 Å². The number of nitrogens with zero attached hydrogens (tertiary/aromatic N) is 2. The highest BCUT2D eigenvalue weighted by Crippen LogP contribution is 2.08. The molecule has 3 aromatic rings. The molecular weight excluding hydrogens is 297 g/mol. The van der Waals surface area contributed by atoms with Crippen LogP contribution in [0.3, 0.4) is 0 Å². The Hall–Kier alpha value is -3.28. The van der Waals surface area contributed by atoms with Crippen molar-refractivity contribution >= 4 is 11.7 Å². The molecular formula is C17H12FN3O2. The van der Waals surface area contributed by atoms with Gasteiger partial charge in [0.05, 0.1) is 0 Å². The molecule has 0 unspecified atom stereocenters. The molecule has 1 N–H and O–H groups in total. The molecule has 0 saturated carbocycles. The number of carbonyl (C=O) groups is 1. The topological polar surface area (TPSA) is 64.0 Å². The van der Waals surface area contributed by atoms with Gasteiger partial charge in [-0.3, -0.25) is 14.2 Å². The van der Waals surface area contributed by atoms with Crippen molar-refractivity contribution in [3.8, 4) is 5.69 Å². The monoisotopic (exact) mass is 309 g/mol. The maximum atomic E-state index is 13.0. The minimum absolute atomic E-state index is 0.0920. The number of anilines is 1. The number of benzene rings is 2. The van der Waals surface area contributed by atoms with Crippen molar-refractivity contribution in [2.24, 2.45) is 0 Å². The van der Waals surface area contributed by atoms with E-state index in [1.54, 1.807) is 30.3 Å². The van der Waals surface area contributed by atoms with Gasteiger partial charge in [-0.2, -0.15) is 0 Å². The average Bonchev–Trinajstić information content (AvgIpc) is 2.58. The van der Waals surface area contributed by atoms with Crippen molar-refractivity contribution in [1.82, 2.24) is 9.55 Å². The van der Waals surface area contributed by atoms with Gasteiger partial charge < -0.3 is 5.32 Å². The van der Waals surface area contributed by atoms with Gasteiger partial charge >= 0.3 is 0 Å². The SMILES string of the molecule is O=C(Nc1nccn(-c2ccc(F)cc2)c1=O)c1ccccc1. The normalized spacial score (nSPS) is 10.3. The van der Waals surface area contributed by atoms with Crippen LogP contribution in [0.15, 0.2) is 71.8 Å². The quantitative estimate of drug-likeness (QED) is 0.809. The summed E-state index contributed by atoms with van der Waals surface area (Å²) in [5.41, 5.74) is 0.406. The van der Waals surface area contributed by atoms with E-state index in [1.807, 2.05) is 0 Å². The molecule has 114 valence electrons. The zero-order valence-electron chi connectivity index (χ0n) is 11.9. The van der Waals surface area contributed by atoms with Crippen molar-refractivity contribution in [1.29, 1.82) is 0 Å². The van der Waals surface area contributed by atoms with Crippen LogP contribution < -0.4 is 10.9 Å². The summed E-state index contributed by atoms with van der Waals surface area (Å²) in [5.74, 6) is -0.911. The van der Waals surface area contributed by atoms with Crippen molar-refractivity contribution in [3.05, 3.63) is 88.7 Å². The number of rotatable bonds is 3. The fourth-order valence-corrected chi connectivity index (χ4v) is 2.07. The Labute approximate surface area is 131 Å². The summed E-state index contributed by atoms with van der Waals surface area (Å²) >= 11 is 0. The first-order chi connectivity index (χ1) is 11.1. The van der Waals surface area contributed by atoms with Gasteiger partial charge in [0.25, 0.3) is 11.5 Å². The summed E-state index contributed by atoms with van der Waals surface area (Å²) in [6, 6.07) is 14.0. The van der Waals surface area contributed by atoms with Crippen LogP contribution in [0.1, 0.15) is 10.4 Å². The molecule has 5 nitrogen and oxygen atoms in total. The van der Waals surface area contributed by atoms with Gasteiger partial charge in [-0.15, -0.1) is 0 Å². The Kier molecular flexibility index (Phi) is 3.97. The highest BCUT2D eigenvalue weighted by Gasteiger charge is 2.11. The average molecular weight is 309 g/mol. The van der Waals surface area contributed by atoms with E-state index < -0.39 is 17.3 Å². The molecule has 0 aliphatic heterocycles. The number of amides is 1. The standard InChI is InChI=1S/C17H12FN3O2/c18-13-6-8-14(9-7-13)21-11-10-19-15(17(21)23)20-16(22)12-4-2-1-3-5-12/h1-11H,(H,19,20,22). The van der Waals surface area contributed by atoms with E-state index in [0.29, 0.717) is 11.3 Å². The zero-order valence-corrected chi connectivity index (χ0v) is 11.9. The molecule has 0 aliphatic rings. The van der Waals surface area contributed by atoms with Crippen LogP contribution in [0.25, 0.3) is 5.69 Å². The fourth-order valence-electron chi connectivity index (χ4n) is 2.07. The van der Waals surface area contributed by atoms with E-state index in [9.17, 15) is 14.0 Å². The van der Waals surface area contributed by atoms with Crippen LogP contribution in [0.4, 0.5) is 10.2 Å². The molecule has 0 fully saturated rings. The Morgan fingerprint density at radius 3 is 2.43 bits per heavy atom. The van der Waals surface area contributed by atoms with Gasteiger partial charge in [0.2, 0.25) is 0 Å². The van der Waals surface area contributed by atoms with Gasteiger partial charge in [0.1, 0.15) is 5.82 Å². The predicted molar refractivity (Wildman–Crippen MR) is 84.2 cm³/mol. The van der Waals surface area contributed by atoms with Gasteiger partial charge in [0, 0.05) is 23.6 Å². The van der Waals surface area contributed by atoms with Crippen LogP contribution in [-0.4, -0.2) is 15.5 Å². The fraction of sp³-hybridized carbons (Fsp3) is 0. The number of aromatic nitrogens is 2. The molecule has 1 amide bonds. The minimum Gasteiger partial charge on any atom is -0.302 e. The first-order valence-electron chi connectivity index (χ1n) is 6.85. The van der Waals surface area contributed by atoms with Crippen LogP contribution >= 0.6 is 0 Å². The lowest BCUT2D eigenvalue weighted by atomic mass is 10.2. The first kappa shape index (κ1) is 14.6. The first-order valence-corrected chi connectivity index (χ1v) is 6.85. The minimum atomic E-state index is -0.497. The Morgan fingerprint density at radius 2 is 1.74 bits per heavy atom. The van der Waals surface area contributed by atoms with Gasteiger partial charge in [-0.05, 0) is 36.4 Å². The maximum absolute atomic E-state index is 13.0. The smallest absolute Gasteiger partial charge is 0.298 e. The number of hydrogen-bond acceptors (Lipinski definition) is 3. The van der Waals surface area contributed by atoms with Crippen LogP contribution in [-0.2, 0) is 0 Å². The molecule has 0 atom stereocenters. The number of halogens is 1. The van der Waals surface area contributed by atoms with Crippen molar-refractivity contribution in [3.63, 3.8) is 0 Å². The van der Waals surface area contributed by atoms with Crippen LogP contribution in [0.2, 0.25) is 0 Å². The highest BCUT2D eigenvalue weighted by atomic mass is 19.1. The molecule has 0 aliphatic carbocycles. The highest BCUT2D eigenvalue weighted by molar-refractivity contribution is 6.03. The molecule has 6 heteroatoms. The summed E-state index contributed by atoms with van der Waals surface area (Å²) in [4.78, 5) is 28.4. The zero-order chi connectivity index (χ0) is 16.2. The lowest BCUT2D eigenvalue weighted by molar-refractivity contribution is 0.102. The largest absolute Gasteiger partial charge is 0.302 e. The van der Waals surface area contributed by atoms with Gasteiger partial charge in [-0.1, -0.05) is 18.2 Å². The van der Waals surface area contributed by atoms with Crippen molar-refractivity contribution in [2.45, 2.75) is 0 Å². The second kappa shape index (κ2) is 6.23. The van der Waals surface area contributed by atoms with Gasteiger partial charge in [-0.25, -0.2) is 9.37 Å². The summed E-state index contributed by atoms with van der Waals surface area (Å²) in [6.07, 6.45) is 2.85. The lowest BCUT2D eigenvalue weighted by Gasteiger charge is -2.08. The molecule has 0 spiro atoms. The van der Waals surface area contributed by atoms with Crippen LogP contribution in [0.5, 0.6) is 0 Å². The van der Waals surface area contributed by atoms with E-state index in [4.69, 9.17) is 0 Å². The van der Waals surface area contributed by atoms with E-state index in [0.717, 1.165) is 0 Å². The second-order valence-corrected chi connectivity index (χ2v) is 4.75. The number of nitrogens with one attached hydrogen (secondary N) is 1. The molecule has 3 rings (SSSR count). The third kappa shape index (κ3) is 3.16. The molecule has 1 heterocycles. The summed E-state index contributed by atoms with van der Waals surface area (Å²) in [5, 5.41) is 2.49. The second-order valence-electron chi connectivity index (χ2n) is 4.75. The van der Waals surface area contributed by atoms with Crippen LogP contribution in [0, 0.1) is 5.82 Å². The Bertz CT molecular complexity index is 890. The van der Waals surface area contributed by atoms with Crippen molar-refractivity contribution < 1.29 is 9.18 Å². The maximum Gasteiger partial charge on any atom is 0.298 e. The molecule has 2 aromatic carbocycles. The van der Waals surface area contributed by atoms with Gasteiger partial charge in [0.15, 0.2) is 5.82 Å². The number of hydrogen-bond donors (Lipinski definition) is 1. The molecule has 1 aromatic heterocycles. The molecule has 0 bridgehead atoms. The Balaban J connectivity index is 1.93. The predicted octanol–water partition coefficient (Wildman–Crippen LogP) is 2.62. The number of carbonyl (C=O) groups excluding carboxylic acids is 1. The lowest BCUT2D eigenvalue weighted by Crippen LogP contribution is -2.26. The molecule has 0 saturated heterocycles. The van der Waals surface area contributed by atoms with E-state index in [2.05, 4.69) is 10.3 Å². The summed E-state index contributed by atoms with van der Waals surface area (Å²) in [7, 11) is 0. The third-order valence-corrected chi connectivity index (χ3v) is 3.21. The Morgan fingerprint density at radius 1 is 1.04 bits per heavy atom. The third-order valence-electron chi connectivity index (χ3n) is 3.21. The molecule has 23 heavy (non-hydrogen) atoms. The van der Waals surface area contributed by atoms with Crippen molar-refractivity contribution in [2.75, 3.05) is 5.32 Å². The summed E-state index contributed by atoms with van der Waals surface area (Å²) < 4.78 is 14.3. The van der Waals surface area contributed by atoms with E-state index in [1.165, 1.54) is 41.2 Å². The van der Waals surface area contributed by atoms with E-state index in [-0.39, 0.29) is 5.82 Å². The summed E-state index contributed by atoms with van der Waals surface area (Å²) in [6.45, 7) is 0. The molecule has 0 radical (unpaired) electrons.